The molecular weight excluding hydrogens is 232 g/mol. The summed E-state index contributed by atoms with van der Waals surface area (Å²) in [6, 6.07) is 5.86. The lowest BCUT2D eigenvalue weighted by Crippen LogP contribution is -2.36. The number of hydrogen-bond donors (Lipinski definition) is 2. The van der Waals surface area contributed by atoms with Crippen LogP contribution in [-0.2, 0) is 16.1 Å². The first kappa shape index (κ1) is 14.5. The van der Waals surface area contributed by atoms with Gasteiger partial charge in [0.05, 0.1) is 13.2 Å². The molecule has 0 aliphatic carbocycles. The molecule has 0 unspecified atom stereocenters. The average molecular weight is 252 g/mol. The zero-order valence-electron chi connectivity index (χ0n) is 11.1. The number of amides is 1. The fraction of sp³-hybridized carbons (Fsp3) is 0.462. The van der Waals surface area contributed by atoms with E-state index in [2.05, 4.69) is 10.9 Å². The summed E-state index contributed by atoms with van der Waals surface area (Å²) in [5, 5.41) is 0. The van der Waals surface area contributed by atoms with E-state index in [1.165, 1.54) is 0 Å². The number of benzene rings is 1. The lowest BCUT2D eigenvalue weighted by molar-refractivity contribution is -0.126. The van der Waals surface area contributed by atoms with Crippen molar-refractivity contribution in [2.24, 2.45) is 0 Å². The highest BCUT2D eigenvalue weighted by atomic mass is 16.5. The van der Waals surface area contributed by atoms with E-state index in [9.17, 15) is 4.79 Å². The van der Waals surface area contributed by atoms with Gasteiger partial charge in [0.1, 0.15) is 12.4 Å². The Hall–Kier alpha value is -1.59. The zero-order valence-corrected chi connectivity index (χ0v) is 11.1. The third-order valence-corrected chi connectivity index (χ3v) is 2.31. The van der Waals surface area contributed by atoms with Gasteiger partial charge in [0, 0.05) is 7.05 Å². The molecule has 0 heterocycles. The molecule has 0 atom stereocenters. The van der Waals surface area contributed by atoms with E-state index in [1.807, 2.05) is 32.0 Å². The van der Waals surface area contributed by atoms with Gasteiger partial charge in [-0.15, -0.1) is 0 Å². The van der Waals surface area contributed by atoms with Crippen LogP contribution in [0.25, 0.3) is 0 Å². The number of hydrazine groups is 1. The van der Waals surface area contributed by atoms with Gasteiger partial charge in [-0.25, -0.2) is 5.43 Å². The van der Waals surface area contributed by atoms with Gasteiger partial charge in [-0.1, -0.05) is 12.1 Å². The Kier molecular flexibility index (Phi) is 6.18. The minimum absolute atomic E-state index is 0.0348. The minimum Gasteiger partial charge on any atom is -0.494 e. The highest BCUT2D eigenvalue weighted by Crippen LogP contribution is 2.19. The molecule has 18 heavy (non-hydrogen) atoms. The number of nitrogens with one attached hydrogen (secondary N) is 2. The van der Waals surface area contributed by atoms with Crippen molar-refractivity contribution in [3.05, 3.63) is 29.3 Å². The number of rotatable bonds is 7. The maximum Gasteiger partial charge on any atom is 0.260 e. The van der Waals surface area contributed by atoms with Crippen molar-refractivity contribution in [1.29, 1.82) is 0 Å². The second-order valence-corrected chi connectivity index (χ2v) is 3.82. The van der Waals surface area contributed by atoms with Crippen LogP contribution in [0.4, 0.5) is 0 Å². The van der Waals surface area contributed by atoms with Gasteiger partial charge >= 0.3 is 0 Å². The van der Waals surface area contributed by atoms with E-state index >= 15 is 0 Å². The van der Waals surface area contributed by atoms with Gasteiger partial charge in [0.15, 0.2) is 0 Å². The van der Waals surface area contributed by atoms with Crippen LogP contribution >= 0.6 is 0 Å². The third-order valence-electron chi connectivity index (χ3n) is 2.31. The quantitative estimate of drug-likeness (QED) is 0.715. The van der Waals surface area contributed by atoms with Crippen LogP contribution in [-0.4, -0.2) is 26.2 Å². The van der Waals surface area contributed by atoms with Crippen molar-refractivity contribution in [3.8, 4) is 5.75 Å². The average Bonchev–Trinajstić information content (AvgIpc) is 2.33. The van der Waals surface area contributed by atoms with Crippen LogP contribution in [0.3, 0.4) is 0 Å². The predicted molar refractivity (Wildman–Crippen MR) is 69.2 cm³/mol. The monoisotopic (exact) mass is 252 g/mol. The molecule has 5 heteroatoms. The van der Waals surface area contributed by atoms with Crippen LogP contribution in [0.2, 0.25) is 0 Å². The van der Waals surface area contributed by atoms with E-state index in [0.717, 1.165) is 16.9 Å². The van der Waals surface area contributed by atoms with Gasteiger partial charge in [0.2, 0.25) is 0 Å². The second kappa shape index (κ2) is 7.68. The predicted octanol–water partition coefficient (Wildman–Crippen LogP) is 1.16. The van der Waals surface area contributed by atoms with Gasteiger partial charge in [-0.05, 0) is 31.0 Å². The summed E-state index contributed by atoms with van der Waals surface area (Å²) in [4.78, 5) is 11.1. The molecule has 1 amide bonds. The molecular formula is C13H20N2O3. The van der Waals surface area contributed by atoms with Crippen molar-refractivity contribution < 1.29 is 14.3 Å². The van der Waals surface area contributed by atoms with Crippen molar-refractivity contribution in [1.82, 2.24) is 10.9 Å². The number of hydrogen-bond acceptors (Lipinski definition) is 4. The highest BCUT2D eigenvalue weighted by Gasteiger charge is 2.03. The normalized spacial score (nSPS) is 10.2. The summed E-state index contributed by atoms with van der Waals surface area (Å²) in [6.45, 7) is 5.04. The number of carbonyl (C=O) groups excluding carboxylic acids is 1. The largest absolute Gasteiger partial charge is 0.494 e. The lowest BCUT2D eigenvalue weighted by Gasteiger charge is -2.09. The Balaban J connectivity index is 2.43. The Labute approximate surface area is 107 Å². The van der Waals surface area contributed by atoms with Gasteiger partial charge < -0.3 is 9.47 Å². The summed E-state index contributed by atoms with van der Waals surface area (Å²) < 4.78 is 10.7. The highest BCUT2D eigenvalue weighted by molar-refractivity contribution is 5.76. The van der Waals surface area contributed by atoms with Crippen molar-refractivity contribution in [2.75, 3.05) is 20.3 Å². The molecule has 100 valence electrons. The summed E-state index contributed by atoms with van der Waals surface area (Å²) >= 11 is 0. The standard InChI is InChI=1S/C13H20N2O3/c1-4-18-12-6-5-11(7-10(12)2)8-17-9-13(16)15-14-3/h5-7,14H,4,8-9H2,1-3H3,(H,15,16). The fourth-order valence-electron chi connectivity index (χ4n) is 1.56. The smallest absolute Gasteiger partial charge is 0.260 e. The van der Waals surface area contributed by atoms with Crippen molar-refractivity contribution >= 4 is 5.91 Å². The molecule has 0 aromatic heterocycles. The first-order valence-electron chi connectivity index (χ1n) is 5.93. The Morgan fingerprint density at radius 2 is 2.17 bits per heavy atom. The van der Waals surface area contributed by atoms with Crippen LogP contribution in [0.15, 0.2) is 18.2 Å². The molecule has 0 aliphatic rings. The molecule has 0 bridgehead atoms. The molecule has 2 N–H and O–H groups in total. The molecule has 0 radical (unpaired) electrons. The molecule has 1 aromatic rings. The maximum atomic E-state index is 11.1. The van der Waals surface area contributed by atoms with Gasteiger partial charge in [-0.3, -0.25) is 10.2 Å². The topological polar surface area (TPSA) is 59.6 Å². The first-order chi connectivity index (χ1) is 8.67. The van der Waals surface area contributed by atoms with E-state index in [-0.39, 0.29) is 12.5 Å². The minimum atomic E-state index is -0.194. The lowest BCUT2D eigenvalue weighted by atomic mass is 10.1. The summed E-state index contributed by atoms with van der Waals surface area (Å²) in [7, 11) is 1.63. The third kappa shape index (κ3) is 4.73. The van der Waals surface area contributed by atoms with Crippen LogP contribution in [0, 0.1) is 6.92 Å². The van der Waals surface area contributed by atoms with Crippen LogP contribution in [0.5, 0.6) is 5.75 Å². The SMILES string of the molecule is CCOc1ccc(COCC(=O)NNC)cc1C. The Morgan fingerprint density at radius 3 is 2.78 bits per heavy atom. The number of aryl methyl sites for hydroxylation is 1. The van der Waals surface area contributed by atoms with E-state index in [1.54, 1.807) is 7.05 Å². The summed E-state index contributed by atoms with van der Waals surface area (Å²) in [5.41, 5.74) is 7.07. The molecule has 0 saturated carbocycles. The number of carbonyl (C=O) groups is 1. The zero-order chi connectivity index (χ0) is 13.4. The molecule has 1 rings (SSSR count). The van der Waals surface area contributed by atoms with E-state index < -0.39 is 0 Å². The Bertz CT molecular complexity index is 394. The van der Waals surface area contributed by atoms with Crippen LogP contribution < -0.4 is 15.6 Å². The van der Waals surface area contributed by atoms with Crippen molar-refractivity contribution in [2.45, 2.75) is 20.5 Å². The molecule has 0 aliphatic heterocycles. The second-order valence-electron chi connectivity index (χ2n) is 3.82. The number of ether oxygens (including phenoxy) is 2. The van der Waals surface area contributed by atoms with Gasteiger partial charge in [-0.2, -0.15) is 0 Å². The molecule has 5 nitrogen and oxygen atoms in total. The molecule has 0 fully saturated rings. The van der Waals surface area contributed by atoms with Crippen molar-refractivity contribution in [3.63, 3.8) is 0 Å². The summed E-state index contributed by atoms with van der Waals surface area (Å²) in [5.74, 6) is 0.689. The molecule has 0 saturated heterocycles. The molecule has 1 aromatic carbocycles. The Morgan fingerprint density at radius 1 is 1.39 bits per heavy atom. The van der Waals surface area contributed by atoms with E-state index in [0.29, 0.717) is 13.2 Å². The maximum absolute atomic E-state index is 11.1. The van der Waals surface area contributed by atoms with E-state index in [4.69, 9.17) is 9.47 Å². The van der Waals surface area contributed by atoms with Crippen LogP contribution in [0.1, 0.15) is 18.1 Å². The van der Waals surface area contributed by atoms with Gasteiger partial charge in [0.25, 0.3) is 5.91 Å². The fourth-order valence-corrected chi connectivity index (χ4v) is 1.56. The summed E-state index contributed by atoms with van der Waals surface area (Å²) in [6.07, 6.45) is 0. The first-order valence-corrected chi connectivity index (χ1v) is 5.93. The molecule has 0 spiro atoms.